The summed E-state index contributed by atoms with van der Waals surface area (Å²) in [6, 6.07) is 41.2. The van der Waals surface area contributed by atoms with Gasteiger partial charge in [0.2, 0.25) is 0 Å². The zero-order valence-electron chi connectivity index (χ0n) is 26.2. The number of benzene rings is 5. The van der Waals surface area contributed by atoms with Crippen LogP contribution in [0.5, 0.6) is 11.5 Å². The first kappa shape index (κ1) is 32.6. The zero-order valence-corrected chi connectivity index (χ0v) is 26.2. The first-order valence-electron chi connectivity index (χ1n) is 15.4. The highest BCUT2D eigenvalue weighted by molar-refractivity contribution is 5.71. The van der Waals surface area contributed by atoms with Crippen molar-refractivity contribution in [3.63, 3.8) is 0 Å². The third-order valence-corrected chi connectivity index (χ3v) is 7.68. The number of amides is 2. The molecule has 2 amide bonds. The summed E-state index contributed by atoms with van der Waals surface area (Å²) in [7, 11) is 0. The zero-order chi connectivity index (χ0) is 33.0. The maximum absolute atomic E-state index is 11.9. The van der Waals surface area contributed by atoms with E-state index >= 15 is 0 Å². The van der Waals surface area contributed by atoms with Crippen LogP contribution in [0.3, 0.4) is 0 Å². The van der Waals surface area contributed by atoms with Crippen LogP contribution in [-0.2, 0) is 22.3 Å². The molecule has 5 aromatic carbocycles. The lowest BCUT2D eigenvalue weighted by Gasteiger charge is -2.21. The number of aryl methyl sites for hydroxylation is 1. The van der Waals surface area contributed by atoms with Crippen LogP contribution in [0.4, 0.5) is 9.59 Å². The molecule has 0 aliphatic heterocycles. The molecule has 0 aliphatic carbocycles. The number of carbonyl (C=O) groups excluding carboxylic acids is 2. The SMILES string of the molecule is Cc1ccc(CC(COc2ccccc2-c2ccccc2)OC(N)=O)cc1CC(COc1ccccc1-c1ccccc1)OC(N)=O. The summed E-state index contributed by atoms with van der Waals surface area (Å²) in [5.74, 6) is 1.34. The number of carbonyl (C=O) groups is 2. The van der Waals surface area contributed by atoms with Gasteiger partial charge in [-0.2, -0.15) is 0 Å². The Morgan fingerprint density at radius 1 is 0.574 bits per heavy atom. The van der Waals surface area contributed by atoms with Crippen LogP contribution in [0.15, 0.2) is 127 Å². The second-order valence-electron chi connectivity index (χ2n) is 11.1. The average molecular weight is 631 g/mol. The molecule has 2 unspecified atom stereocenters. The van der Waals surface area contributed by atoms with E-state index in [0.29, 0.717) is 24.3 Å². The van der Waals surface area contributed by atoms with Crippen LogP contribution < -0.4 is 20.9 Å². The molecule has 8 nitrogen and oxygen atoms in total. The van der Waals surface area contributed by atoms with Gasteiger partial charge in [-0.3, -0.25) is 0 Å². The lowest BCUT2D eigenvalue weighted by molar-refractivity contribution is 0.0715. The topological polar surface area (TPSA) is 123 Å². The Labute approximate surface area is 274 Å². The third-order valence-electron chi connectivity index (χ3n) is 7.68. The molecule has 47 heavy (non-hydrogen) atoms. The first-order chi connectivity index (χ1) is 22.9. The Morgan fingerprint density at radius 2 is 1.02 bits per heavy atom. The van der Waals surface area contributed by atoms with Crippen molar-refractivity contribution >= 4 is 12.2 Å². The molecule has 0 saturated carbocycles. The molecule has 240 valence electrons. The van der Waals surface area contributed by atoms with E-state index in [4.69, 9.17) is 30.4 Å². The van der Waals surface area contributed by atoms with Gasteiger partial charge in [0, 0.05) is 24.0 Å². The van der Waals surface area contributed by atoms with Gasteiger partial charge >= 0.3 is 12.2 Å². The minimum atomic E-state index is -0.884. The molecular weight excluding hydrogens is 592 g/mol. The van der Waals surface area contributed by atoms with Crippen LogP contribution >= 0.6 is 0 Å². The average Bonchev–Trinajstić information content (AvgIpc) is 3.08. The van der Waals surface area contributed by atoms with Gasteiger partial charge in [0.15, 0.2) is 0 Å². The van der Waals surface area contributed by atoms with E-state index in [1.807, 2.05) is 134 Å². The highest BCUT2D eigenvalue weighted by Gasteiger charge is 2.20. The van der Waals surface area contributed by atoms with E-state index in [1.165, 1.54) is 0 Å². The van der Waals surface area contributed by atoms with E-state index in [0.717, 1.165) is 38.9 Å². The van der Waals surface area contributed by atoms with Crippen molar-refractivity contribution < 1.29 is 28.5 Å². The summed E-state index contributed by atoms with van der Waals surface area (Å²) < 4.78 is 23.3. The third kappa shape index (κ3) is 9.37. The molecule has 0 aliphatic rings. The highest BCUT2D eigenvalue weighted by atomic mass is 16.6. The van der Waals surface area contributed by atoms with Crippen molar-refractivity contribution in [3.05, 3.63) is 144 Å². The quantitative estimate of drug-likeness (QED) is 0.131. The Balaban J connectivity index is 1.29. The second-order valence-corrected chi connectivity index (χ2v) is 11.1. The van der Waals surface area contributed by atoms with Gasteiger partial charge < -0.3 is 30.4 Å². The molecule has 0 bridgehead atoms. The Bertz CT molecular complexity index is 1780. The normalized spacial score (nSPS) is 12.0. The molecule has 0 aromatic heterocycles. The molecule has 0 fully saturated rings. The van der Waals surface area contributed by atoms with Crippen molar-refractivity contribution in [2.75, 3.05) is 13.2 Å². The maximum atomic E-state index is 11.9. The van der Waals surface area contributed by atoms with Gasteiger partial charge in [-0.1, -0.05) is 115 Å². The lowest BCUT2D eigenvalue weighted by atomic mass is 9.97. The number of hydrogen-bond acceptors (Lipinski definition) is 6. The maximum Gasteiger partial charge on any atom is 0.404 e. The monoisotopic (exact) mass is 630 g/mol. The van der Waals surface area contributed by atoms with Gasteiger partial charge in [-0.05, 0) is 46.9 Å². The van der Waals surface area contributed by atoms with Crippen molar-refractivity contribution in [2.24, 2.45) is 11.5 Å². The first-order valence-corrected chi connectivity index (χ1v) is 15.4. The number of para-hydroxylation sites is 2. The smallest absolute Gasteiger partial charge is 0.404 e. The molecular formula is C39H38N2O6. The Hall–Kier alpha value is -5.76. The van der Waals surface area contributed by atoms with Crippen LogP contribution in [-0.4, -0.2) is 37.6 Å². The van der Waals surface area contributed by atoms with Gasteiger partial charge in [0.1, 0.15) is 36.9 Å². The van der Waals surface area contributed by atoms with Gasteiger partial charge in [0.25, 0.3) is 0 Å². The number of primary amides is 2. The summed E-state index contributed by atoms with van der Waals surface area (Å²) >= 11 is 0. The molecule has 2 atom stereocenters. The van der Waals surface area contributed by atoms with E-state index in [9.17, 15) is 9.59 Å². The van der Waals surface area contributed by atoms with Crippen LogP contribution in [0.25, 0.3) is 22.3 Å². The predicted molar refractivity (Wildman–Crippen MR) is 182 cm³/mol. The van der Waals surface area contributed by atoms with Gasteiger partial charge in [-0.25, -0.2) is 9.59 Å². The van der Waals surface area contributed by atoms with Crippen LogP contribution in [0, 0.1) is 6.92 Å². The molecule has 4 N–H and O–H groups in total. The number of rotatable bonds is 14. The van der Waals surface area contributed by atoms with Crippen molar-refractivity contribution in [3.8, 4) is 33.8 Å². The lowest BCUT2D eigenvalue weighted by Crippen LogP contribution is -2.31. The largest absolute Gasteiger partial charge is 0.489 e. The molecule has 5 rings (SSSR count). The number of ether oxygens (including phenoxy) is 4. The summed E-state index contributed by atoms with van der Waals surface area (Å²) in [5, 5.41) is 0. The minimum Gasteiger partial charge on any atom is -0.489 e. The molecule has 0 radical (unpaired) electrons. The summed E-state index contributed by atoms with van der Waals surface area (Å²) in [4.78, 5) is 23.7. The number of nitrogens with two attached hydrogens (primary N) is 2. The Morgan fingerprint density at radius 3 is 1.51 bits per heavy atom. The van der Waals surface area contributed by atoms with Gasteiger partial charge in [-0.15, -0.1) is 0 Å². The second kappa shape index (κ2) is 16.0. The minimum absolute atomic E-state index is 0.0953. The molecule has 8 heteroatoms. The standard InChI is InChI=1S/C39H38N2O6/c1-27-20-21-28(23-32(46-38(40)42)25-44-36-18-10-8-16-34(36)29-12-4-2-5-13-29)22-31(27)24-33(47-39(41)43)26-45-37-19-11-9-17-35(37)30-14-6-3-7-15-30/h2-22,32-33H,23-26H2,1H3,(H2,40,42)(H2,41,43). The summed E-state index contributed by atoms with van der Waals surface area (Å²) in [5.41, 5.74) is 17.6. The van der Waals surface area contributed by atoms with E-state index in [-0.39, 0.29) is 13.2 Å². The number of hydrogen-bond donors (Lipinski definition) is 2. The molecule has 0 saturated heterocycles. The van der Waals surface area contributed by atoms with Crippen molar-refractivity contribution in [1.82, 2.24) is 0 Å². The highest BCUT2D eigenvalue weighted by Crippen LogP contribution is 2.31. The summed E-state index contributed by atoms with van der Waals surface area (Å²) in [6.45, 7) is 2.17. The van der Waals surface area contributed by atoms with Gasteiger partial charge in [0.05, 0.1) is 0 Å². The predicted octanol–water partition coefficient (Wildman–Crippen LogP) is 7.50. The van der Waals surface area contributed by atoms with Crippen molar-refractivity contribution in [2.45, 2.75) is 32.0 Å². The van der Waals surface area contributed by atoms with Crippen LogP contribution in [0.2, 0.25) is 0 Å². The fourth-order valence-corrected chi connectivity index (χ4v) is 5.44. The van der Waals surface area contributed by atoms with E-state index in [1.54, 1.807) is 0 Å². The van der Waals surface area contributed by atoms with E-state index in [2.05, 4.69) is 0 Å². The molecule has 0 heterocycles. The van der Waals surface area contributed by atoms with Crippen LogP contribution in [0.1, 0.15) is 16.7 Å². The van der Waals surface area contributed by atoms with Crippen molar-refractivity contribution in [1.29, 1.82) is 0 Å². The molecule has 0 spiro atoms. The summed E-state index contributed by atoms with van der Waals surface area (Å²) in [6.07, 6.45) is -2.36. The fourth-order valence-electron chi connectivity index (χ4n) is 5.44. The van der Waals surface area contributed by atoms with E-state index < -0.39 is 24.4 Å². The Kier molecular flexibility index (Phi) is 11.1. The molecule has 5 aromatic rings. The fraction of sp³-hybridized carbons (Fsp3) is 0.179.